The fourth-order valence-electron chi connectivity index (χ4n) is 5.52. The smallest absolute Gasteiger partial charge is 0.292 e. The first-order valence-electron chi connectivity index (χ1n) is 12.5. The maximum atomic E-state index is 13.9. The second-order valence-electron chi connectivity index (χ2n) is 10.8. The third-order valence-electron chi connectivity index (χ3n) is 7.11. The second kappa shape index (κ2) is 9.90. The molecule has 7 nitrogen and oxygen atoms in total. The molecule has 2 saturated heterocycles. The van der Waals surface area contributed by atoms with Gasteiger partial charge in [-0.3, -0.25) is 9.59 Å². The van der Waals surface area contributed by atoms with Crippen molar-refractivity contribution >= 4 is 11.8 Å². The number of hydrogen-bond acceptors (Lipinski definition) is 5. The molecule has 2 fully saturated rings. The van der Waals surface area contributed by atoms with Gasteiger partial charge in [-0.05, 0) is 43.1 Å². The van der Waals surface area contributed by atoms with Crippen molar-refractivity contribution < 1.29 is 19.2 Å². The van der Waals surface area contributed by atoms with E-state index in [0.29, 0.717) is 44.8 Å². The first-order valence-corrected chi connectivity index (χ1v) is 12.5. The molecule has 4 rings (SSSR count). The van der Waals surface area contributed by atoms with Crippen LogP contribution in [0.15, 0.2) is 40.9 Å². The van der Waals surface area contributed by atoms with E-state index in [4.69, 9.17) is 4.52 Å². The summed E-state index contributed by atoms with van der Waals surface area (Å²) in [5.41, 5.74) is 1.11. The Kier molecular flexibility index (Phi) is 7.12. The standard InChI is InChI=1S/C27H37N3O4/c1-18(2)14-21-15-23(34-28-21)25(32)29-12-10-27(11-13-29)16-22(31)24(20-8-6-5-7-9-20)30(26(27)33)17-19(3)4/h5-9,15,18-19,22,24,31H,10-14,16-17H2,1-4H3/t22-,24+/m1/s1. The lowest BCUT2D eigenvalue weighted by Gasteiger charge is -2.51. The Balaban J connectivity index is 1.49. The van der Waals surface area contributed by atoms with Gasteiger partial charge in [0.05, 0.1) is 23.3 Å². The first kappa shape index (κ1) is 24.5. The number of aromatic nitrogens is 1. The largest absolute Gasteiger partial charge is 0.391 e. The number of carbonyl (C=O) groups excluding carboxylic acids is 2. The lowest BCUT2D eigenvalue weighted by molar-refractivity contribution is -0.164. The fourth-order valence-corrected chi connectivity index (χ4v) is 5.52. The number of rotatable bonds is 6. The predicted octanol–water partition coefficient (Wildman–Crippen LogP) is 4.09. The molecule has 2 atom stereocenters. The van der Waals surface area contributed by atoms with Crippen LogP contribution >= 0.6 is 0 Å². The summed E-state index contributed by atoms with van der Waals surface area (Å²) < 4.78 is 5.32. The number of aliphatic hydroxyl groups excluding tert-OH is 1. The van der Waals surface area contributed by atoms with E-state index in [1.807, 2.05) is 35.2 Å². The van der Waals surface area contributed by atoms with Crippen molar-refractivity contribution in [1.82, 2.24) is 15.0 Å². The van der Waals surface area contributed by atoms with Gasteiger partial charge in [-0.2, -0.15) is 0 Å². The molecular formula is C27H37N3O4. The van der Waals surface area contributed by atoms with E-state index < -0.39 is 11.5 Å². The van der Waals surface area contributed by atoms with Crippen LogP contribution in [0.2, 0.25) is 0 Å². The number of likely N-dealkylation sites (tertiary alicyclic amines) is 2. The summed E-state index contributed by atoms with van der Waals surface area (Å²) in [6.45, 7) is 9.90. The van der Waals surface area contributed by atoms with E-state index in [2.05, 4.69) is 32.9 Å². The Bertz CT molecular complexity index is 992. The summed E-state index contributed by atoms with van der Waals surface area (Å²) in [6.07, 6.45) is 1.62. The minimum Gasteiger partial charge on any atom is -0.391 e. The SMILES string of the molecule is CC(C)Cc1cc(C(=O)N2CCC3(CC2)C[C@@H](O)[C@H](c2ccccc2)N(CC(C)C)C3=O)on1. The van der Waals surface area contributed by atoms with Crippen LogP contribution < -0.4 is 0 Å². The summed E-state index contributed by atoms with van der Waals surface area (Å²) in [5.74, 6) is 0.895. The minimum atomic E-state index is -0.644. The molecular weight excluding hydrogens is 430 g/mol. The van der Waals surface area contributed by atoms with Gasteiger partial charge in [0.1, 0.15) is 0 Å². The Hall–Kier alpha value is -2.67. The van der Waals surface area contributed by atoms with Gasteiger partial charge in [-0.1, -0.05) is 63.2 Å². The normalized spacial score (nSPS) is 22.7. The molecule has 1 spiro atoms. The van der Waals surface area contributed by atoms with Crippen LogP contribution in [0, 0.1) is 17.3 Å². The number of aliphatic hydroxyl groups is 1. The Morgan fingerprint density at radius 1 is 1.15 bits per heavy atom. The van der Waals surface area contributed by atoms with Crippen molar-refractivity contribution in [1.29, 1.82) is 0 Å². The van der Waals surface area contributed by atoms with Crippen molar-refractivity contribution in [2.75, 3.05) is 19.6 Å². The molecule has 0 radical (unpaired) electrons. The topological polar surface area (TPSA) is 86.9 Å². The number of benzene rings is 1. The van der Waals surface area contributed by atoms with Crippen LogP contribution in [0.5, 0.6) is 0 Å². The zero-order valence-corrected chi connectivity index (χ0v) is 20.7. The highest BCUT2D eigenvalue weighted by Crippen LogP contribution is 2.47. The Labute approximate surface area is 202 Å². The summed E-state index contributed by atoms with van der Waals surface area (Å²) in [4.78, 5) is 30.6. The molecule has 0 saturated carbocycles. The summed E-state index contributed by atoms with van der Waals surface area (Å²) >= 11 is 0. The molecule has 1 N–H and O–H groups in total. The molecule has 184 valence electrons. The number of piperidine rings is 2. The van der Waals surface area contributed by atoms with Crippen LogP contribution in [0.4, 0.5) is 0 Å². The van der Waals surface area contributed by atoms with Gasteiger partial charge in [-0.15, -0.1) is 0 Å². The zero-order chi connectivity index (χ0) is 24.5. The van der Waals surface area contributed by atoms with Gasteiger partial charge in [0.15, 0.2) is 0 Å². The highest BCUT2D eigenvalue weighted by Gasteiger charge is 2.52. The van der Waals surface area contributed by atoms with Crippen LogP contribution in [-0.4, -0.2) is 57.6 Å². The van der Waals surface area contributed by atoms with Crippen LogP contribution in [-0.2, 0) is 11.2 Å². The van der Waals surface area contributed by atoms with Gasteiger partial charge in [0, 0.05) is 25.7 Å². The van der Waals surface area contributed by atoms with Crippen LogP contribution in [0.1, 0.15) is 74.8 Å². The summed E-state index contributed by atoms with van der Waals surface area (Å²) in [6, 6.07) is 11.2. The Morgan fingerprint density at radius 2 is 1.82 bits per heavy atom. The fraction of sp³-hybridized carbons (Fsp3) is 0.593. The second-order valence-corrected chi connectivity index (χ2v) is 10.8. The van der Waals surface area contributed by atoms with Gasteiger partial charge in [0.2, 0.25) is 11.7 Å². The van der Waals surface area contributed by atoms with Gasteiger partial charge in [-0.25, -0.2) is 0 Å². The first-order chi connectivity index (χ1) is 16.2. The maximum absolute atomic E-state index is 13.9. The minimum absolute atomic E-state index is 0.103. The molecule has 0 unspecified atom stereocenters. The lowest BCUT2D eigenvalue weighted by Crippen LogP contribution is -2.59. The number of carbonyl (C=O) groups is 2. The molecule has 0 bridgehead atoms. The molecule has 34 heavy (non-hydrogen) atoms. The monoisotopic (exact) mass is 467 g/mol. The molecule has 3 heterocycles. The quantitative estimate of drug-likeness (QED) is 0.692. The van der Waals surface area contributed by atoms with Gasteiger partial charge in [0.25, 0.3) is 5.91 Å². The summed E-state index contributed by atoms with van der Waals surface area (Å²) in [7, 11) is 0. The van der Waals surface area contributed by atoms with Crippen molar-refractivity contribution in [2.24, 2.45) is 17.3 Å². The molecule has 1 aromatic heterocycles. The van der Waals surface area contributed by atoms with Crippen molar-refractivity contribution in [3.05, 3.63) is 53.4 Å². The van der Waals surface area contributed by atoms with E-state index >= 15 is 0 Å². The van der Waals surface area contributed by atoms with E-state index in [1.54, 1.807) is 11.0 Å². The highest BCUT2D eigenvalue weighted by atomic mass is 16.5. The van der Waals surface area contributed by atoms with E-state index in [0.717, 1.165) is 17.7 Å². The molecule has 1 aromatic carbocycles. The number of amides is 2. The maximum Gasteiger partial charge on any atom is 0.292 e. The third-order valence-corrected chi connectivity index (χ3v) is 7.11. The predicted molar refractivity (Wildman–Crippen MR) is 129 cm³/mol. The van der Waals surface area contributed by atoms with Crippen molar-refractivity contribution in [3.63, 3.8) is 0 Å². The van der Waals surface area contributed by atoms with E-state index in [9.17, 15) is 14.7 Å². The van der Waals surface area contributed by atoms with Gasteiger partial charge >= 0.3 is 0 Å². The van der Waals surface area contributed by atoms with E-state index in [1.165, 1.54) is 0 Å². The molecule has 0 aliphatic carbocycles. The third kappa shape index (κ3) is 4.90. The van der Waals surface area contributed by atoms with Crippen molar-refractivity contribution in [2.45, 2.75) is 65.5 Å². The van der Waals surface area contributed by atoms with Crippen LogP contribution in [0.25, 0.3) is 0 Å². The lowest BCUT2D eigenvalue weighted by atomic mass is 9.68. The summed E-state index contributed by atoms with van der Waals surface area (Å²) in [5, 5.41) is 15.3. The molecule has 2 aromatic rings. The van der Waals surface area contributed by atoms with Gasteiger partial charge < -0.3 is 19.4 Å². The Morgan fingerprint density at radius 3 is 2.44 bits per heavy atom. The average Bonchev–Trinajstić information content (AvgIpc) is 3.25. The highest BCUT2D eigenvalue weighted by molar-refractivity contribution is 5.92. The molecule has 2 aliphatic rings. The molecule has 7 heteroatoms. The zero-order valence-electron chi connectivity index (χ0n) is 20.7. The molecule has 2 aliphatic heterocycles. The van der Waals surface area contributed by atoms with Crippen LogP contribution in [0.3, 0.4) is 0 Å². The number of hydrogen-bond donors (Lipinski definition) is 1. The molecule has 2 amide bonds. The van der Waals surface area contributed by atoms with Crippen molar-refractivity contribution in [3.8, 4) is 0 Å². The average molecular weight is 468 g/mol. The number of nitrogens with zero attached hydrogens (tertiary/aromatic N) is 3. The van der Waals surface area contributed by atoms with E-state index in [-0.39, 0.29) is 29.5 Å².